The minimum Gasteiger partial charge on any atom is -0.217 e. The normalized spacial score (nSPS) is 11.2. The van der Waals surface area contributed by atoms with Crippen molar-refractivity contribution in [2.45, 2.75) is 24.6 Å². The molecule has 0 spiro atoms. The van der Waals surface area contributed by atoms with E-state index in [2.05, 4.69) is 27.4 Å². The van der Waals surface area contributed by atoms with Gasteiger partial charge in [0, 0.05) is 27.2 Å². The van der Waals surface area contributed by atoms with Crippen molar-refractivity contribution in [3.05, 3.63) is 76.6 Å². The van der Waals surface area contributed by atoms with Crippen LogP contribution in [0.2, 0.25) is 5.02 Å². The van der Waals surface area contributed by atoms with E-state index in [1.165, 1.54) is 0 Å². The van der Waals surface area contributed by atoms with E-state index in [1.807, 2.05) is 61.0 Å². The van der Waals surface area contributed by atoms with Crippen LogP contribution in [-0.2, 0) is 5.75 Å². The van der Waals surface area contributed by atoms with E-state index in [9.17, 15) is 0 Å². The van der Waals surface area contributed by atoms with Crippen LogP contribution in [0.4, 0.5) is 0 Å². The Hall–Kier alpha value is -2.37. The van der Waals surface area contributed by atoms with Gasteiger partial charge in [0.25, 0.3) is 0 Å². The highest BCUT2D eigenvalue weighted by molar-refractivity contribution is 7.98. The maximum absolute atomic E-state index is 6.27. The van der Waals surface area contributed by atoms with Crippen LogP contribution < -0.4 is 0 Å². The van der Waals surface area contributed by atoms with Crippen molar-refractivity contribution in [3.8, 4) is 5.82 Å². The van der Waals surface area contributed by atoms with Gasteiger partial charge in [-0.05, 0) is 31.5 Å². The van der Waals surface area contributed by atoms with Crippen molar-refractivity contribution >= 4 is 34.1 Å². The third-order valence-electron chi connectivity index (χ3n) is 4.17. The minimum atomic E-state index is 0.748. The second-order valence-electron chi connectivity index (χ2n) is 6.09. The first-order chi connectivity index (χ1) is 12.6. The molecule has 0 saturated carbocycles. The fraction of sp³-hybridized carbons (Fsp3) is 0.150. The third kappa shape index (κ3) is 3.20. The molecule has 0 amide bonds. The van der Waals surface area contributed by atoms with Crippen LogP contribution in [0.15, 0.2) is 59.6 Å². The number of nitrogens with zero attached hydrogens (tertiary/aromatic N) is 4. The molecule has 0 atom stereocenters. The lowest BCUT2D eigenvalue weighted by molar-refractivity contribution is 0.778. The first-order valence-electron chi connectivity index (χ1n) is 8.29. The molecule has 2 aromatic carbocycles. The molecule has 6 heteroatoms. The standard InChI is InChI=1S/C20H17ClN4S/c1-13-11-14(2)25(24-13)19-16-8-4-5-9-17(16)20(23-22-19)26-12-15-7-3-6-10-18(15)21/h3-11H,12H2,1-2H3. The van der Waals surface area contributed by atoms with Crippen molar-refractivity contribution in [2.75, 3.05) is 0 Å². The summed E-state index contributed by atoms with van der Waals surface area (Å²) in [5.74, 6) is 1.51. The van der Waals surface area contributed by atoms with Crippen molar-refractivity contribution in [2.24, 2.45) is 0 Å². The molecule has 0 aliphatic rings. The van der Waals surface area contributed by atoms with Crippen molar-refractivity contribution in [1.29, 1.82) is 0 Å². The zero-order valence-corrected chi connectivity index (χ0v) is 16.1. The number of thioether (sulfide) groups is 1. The summed E-state index contributed by atoms with van der Waals surface area (Å²) in [5.41, 5.74) is 3.09. The molecule has 26 heavy (non-hydrogen) atoms. The van der Waals surface area contributed by atoms with Gasteiger partial charge in [-0.1, -0.05) is 65.8 Å². The van der Waals surface area contributed by atoms with Crippen LogP contribution in [0.1, 0.15) is 17.0 Å². The lowest BCUT2D eigenvalue weighted by atomic mass is 10.2. The molecule has 0 bridgehead atoms. The first kappa shape index (κ1) is 17.1. The largest absolute Gasteiger partial charge is 0.217 e. The quantitative estimate of drug-likeness (QED) is 0.446. The number of hydrogen-bond acceptors (Lipinski definition) is 4. The highest BCUT2D eigenvalue weighted by Gasteiger charge is 2.14. The first-order valence-corrected chi connectivity index (χ1v) is 9.65. The highest BCUT2D eigenvalue weighted by Crippen LogP contribution is 2.32. The lowest BCUT2D eigenvalue weighted by Crippen LogP contribution is -2.05. The zero-order chi connectivity index (χ0) is 18.1. The van der Waals surface area contributed by atoms with E-state index < -0.39 is 0 Å². The molecule has 4 nitrogen and oxygen atoms in total. The molecule has 130 valence electrons. The number of hydrogen-bond donors (Lipinski definition) is 0. The van der Waals surface area contributed by atoms with Gasteiger partial charge in [0.05, 0.1) is 5.69 Å². The molecule has 0 fully saturated rings. The summed E-state index contributed by atoms with van der Waals surface area (Å²) < 4.78 is 1.85. The number of benzene rings is 2. The monoisotopic (exact) mass is 380 g/mol. The molecule has 2 heterocycles. The Bertz CT molecular complexity index is 1090. The molecule has 0 radical (unpaired) electrons. The molecule has 0 aliphatic heterocycles. The molecule has 4 rings (SSSR count). The van der Waals surface area contributed by atoms with Gasteiger partial charge in [-0.2, -0.15) is 5.10 Å². The number of rotatable bonds is 4. The van der Waals surface area contributed by atoms with Crippen molar-refractivity contribution in [3.63, 3.8) is 0 Å². The van der Waals surface area contributed by atoms with Crippen LogP contribution in [-0.4, -0.2) is 20.0 Å². The van der Waals surface area contributed by atoms with E-state index in [4.69, 9.17) is 11.6 Å². The zero-order valence-electron chi connectivity index (χ0n) is 14.5. The summed E-state index contributed by atoms with van der Waals surface area (Å²) in [6.07, 6.45) is 0. The average Bonchev–Trinajstić information content (AvgIpc) is 2.99. The molecule has 4 aromatic rings. The van der Waals surface area contributed by atoms with Gasteiger partial charge in [0.1, 0.15) is 5.03 Å². The lowest BCUT2D eigenvalue weighted by Gasteiger charge is -2.10. The van der Waals surface area contributed by atoms with E-state index in [0.717, 1.165) is 49.3 Å². The molecule has 0 saturated heterocycles. The minimum absolute atomic E-state index is 0.748. The van der Waals surface area contributed by atoms with E-state index in [1.54, 1.807) is 11.8 Å². The van der Waals surface area contributed by atoms with Gasteiger partial charge in [-0.3, -0.25) is 0 Å². The highest BCUT2D eigenvalue weighted by atomic mass is 35.5. The molecule has 2 aromatic heterocycles. The molecule has 0 aliphatic carbocycles. The molecule has 0 N–H and O–H groups in total. The Balaban J connectivity index is 1.75. The Morgan fingerprint density at radius 1 is 0.962 bits per heavy atom. The fourth-order valence-corrected chi connectivity index (χ4v) is 4.19. The molecule has 0 unspecified atom stereocenters. The summed E-state index contributed by atoms with van der Waals surface area (Å²) in [6.45, 7) is 4.00. The van der Waals surface area contributed by atoms with Gasteiger partial charge in [-0.25, -0.2) is 4.68 Å². The third-order valence-corrected chi connectivity index (χ3v) is 5.57. The summed E-state index contributed by atoms with van der Waals surface area (Å²) in [7, 11) is 0. The maximum atomic E-state index is 6.27. The van der Waals surface area contributed by atoms with Crippen LogP contribution in [0.3, 0.4) is 0 Å². The van der Waals surface area contributed by atoms with Gasteiger partial charge in [0.2, 0.25) is 0 Å². The average molecular weight is 381 g/mol. The molecular weight excluding hydrogens is 364 g/mol. The van der Waals surface area contributed by atoms with E-state index >= 15 is 0 Å². The summed E-state index contributed by atoms with van der Waals surface area (Å²) in [6, 6.07) is 18.1. The second-order valence-corrected chi connectivity index (χ2v) is 7.46. The van der Waals surface area contributed by atoms with Gasteiger partial charge in [0.15, 0.2) is 5.82 Å². The number of aromatic nitrogens is 4. The Labute approximate surface area is 161 Å². The predicted molar refractivity (Wildman–Crippen MR) is 107 cm³/mol. The number of aryl methyl sites for hydroxylation is 2. The van der Waals surface area contributed by atoms with Gasteiger partial charge in [-0.15, -0.1) is 10.2 Å². The smallest absolute Gasteiger partial charge is 0.183 e. The Morgan fingerprint density at radius 3 is 2.42 bits per heavy atom. The summed E-state index contributed by atoms with van der Waals surface area (Å²) >= 11 is 7.92. The fourth-order valence-electron chi connectivity index (χ4n) is 2.93. The van der Waals surface area contributed by atoms with Crippen LogP contribution in [0, 0.1) is 13.8 Å². The van der Waals surface area contributed by atoms with Crippen molar-refractivity contribution < 1.29 is 0 Å². The number of fused-ring (bicyclic) bond motifs is 1. The Kier molecular flexibility index (Phi) is 4.66. The van der Waals surface area contributed by atoms with Gasteiger partial charge >= 0.3 is 0 Å². The van der Waals surface area contributed by atoms with Crippen molar-refractivity contribution in [1.82, 2.24) is 20.0 Å². The second kappa shape index (κ2) is 7.09. The summed E-state index contributed by atoms with van der Waals surface area (Å²) in [4.78, 5) is 0. The van der Waals surface area contributed by atoms with E-state index in [-0.39, 0.29) is 0 Å². The maximum Gasteiger partial charge on any atom is 0.183 e. The summed E-state index contributed by atoms with van der Waals surface area (Å²) in [5, 5.41) is 17.3. The topological polar surface area (TPSA) is 43.6 Å². The predicted octanol–water partition coefficient (Wildman–Crippen LogP) is 5.38. The number of halogens is 1. The van der Waals surface area contributed by atoms with Gasteiger partial charge < -0.3 is 0 Å². The van der Waals surface area contributed by atoms with E-state index in [0.29, 0.717) is 0 Å². The Morgan fingerprint density at radius 2 is 1.69 bits per heavy atom. The van der Waals surface area contributed by atoms with Crippen LogP contribution in [0.5, 0.6) is 0 Å². The SMILES string of the molecule is Cc1cc(C)n(-c2nnc(SCc3ccccc3Cl)c3ccccc23)n1. The van der Waals surface area contributed by atoms with Crippen LogP contribution >= 0.6 is 23.4 Å². The molecular formula is C20H17ClN4S. The van der Waals surface area contributed by atoms with Crippen LogP contribution in [0.25, 0.3) is 16.6 Å².